The highest BCUT2D eigenvalue weighted by molar-refractivity contribution is 7.09. The maximum Gasteiger partial charge on any atom is 0.258 e. The van der Waals surface area contributed by atoms with E-state index in [2.05, 4.69) is 10.3 Å². The lowest BCUT2D eigenvalue weighted by Crippen LogP contribution is -2.32. The number of methoxy groups -OCH3 is 1. The lowest BCUT2D eigenvalue weighted by molar-refractivity contribution is 0.0729. The van der Waals surface area contributed by atoms with Crippen LogP contribution in [0.2, 0.25) is 5.02 Å². The first-order chi connectivity index (χ1) is 13.1. The van der Waals surface area contributed by atoms with Crippen LogP contribution in [0.1, 0.15) is 32.7 Å². The largest absolute Gasteiger partial charge is 0.495 e. The van der Waals surface area contributed by atoms with Crippen molar-refractivity contribution in [1.29, 1.82) is 0 Å². The first-order valence-corrected chi connectivity index (χ1v) is 9.73. The average Bonchev–Trinajstić information content (AvgIpc) is 3.27. The smallest absolute Gasteiger partial charge is 0.258 e. The monoisotopic (exact) mass is 399 g/mol. The lowest BCUT2D eigenvalue weighted by Gasteiger charge is -2.27. The number of carbonyl (C=O) groups is 1. The van der Waals surface area contributed by atoms with Crippen LogP contribution in [-0.2, 0) is 6.54 Å². The van der Waals surface area contributed by atoms with E-state index in [0.29, 0.717) is 28.6 Å². The Morgan fingerprint density at radius 1 is 1.33 bits per heavy atom. The zero-order valence-corrected chi connectivity index (χ0v) is 16.5. The van der Waals surface area contributed by atoms with Gasteiger partial charge in [-0.15, -0.1) is 11.3 Å². The highest BCUT2D eigenvalue weighted by atomic mass is 35.5. The van der Waals surface area contributed by atoms with Gasteiger partial charge < -0.3 is 15.0 Å². The number of carbonyl (C=O) groups excluding carboxylic acids is 1. The predicted octanol–water partition coefficient (Wildman–Crippen LogP) is 4.88. The normalized spacial score (nSPS) is 15.7. The zero-order chi connectivity index (χ0) is 19.0. The second kappa shape index (κ2) is 7.21. The molecule has 5 nitrogen and oxygen atoms in total. The Morgan fingerprint density at radius 2 is 2.19 bits per heavy atom. The van der Waals surface area contributed by atoms with Crippen molar-refractivity contribution >= 4 is 34.5 Å². The van der Waals surface area contributed by atoms with Gasteiger partial charge in [0.15, 0.2) is 0 Å². The quantitative estimate of drug-likeness (QED) is 0.664. The molecule has 4 rings (SSSR count). The number of nitrogens with zero attached hydrogens (tertiary/aromatic N) is 2. The molecule has 3 heterocycles. The van der Waals surface area contributed by atoms with Crippen LogP contribution in [0.4, 0.5) is 5.69 Å². The molecular weight excluding hydrogens is 382 g/mol. The minimum atomic E-state index is -0.384. The van der Waals surface area contributed by atoms with Gasteiger partial charge >= 0.3 is 0 Å². The Kier molecular flexibility index (Phi) is 4.76. The number of hydrogen-bond acceptors (Lipinski definition) is 5. The summed E-state index contributed by atoms with van der Waals surface area (Å²) in [5.41, 5.74) is 3.03. The number of fused-ring (bicyclic) bond motifs is 1. The van der Waals surface area contributed by atoms with Crippen molar-refractivity contribution in [1.82, 2.24) is 9.88 Å². The van der Waals surface area contributed by atoms with Gasteiger partial charge in [-0.05, 0) is 42.1 Å². The van der Waals surface area contributed by atoms with E-state index >= 15 is 0 Å². The summed E-state index contributed by atoms with van der Waals surface area (Å²) in [6.45, 7) is 2.45. The number of nitrogens with one attached hydrogen (secondary N) is 1. The molecule has 2 aromatic heterocycles. The van der Waals surface area contributed by atoms with Gasteiger partial charge in [-0.3, -0.25) is 9.78 Å². The fourth-order valence-corrected chi connectivity index (χ4v) is 4.06. The Morgan fingerprint density at radius 3 is 2.93 bits per heavy atom. The Hall–Kier alpha value is -2.57. The number of benzene rings is 1. The van der Waals surface area contributed by atoms with Gasteiger partial charge in [0.25, 0.3) is 5.91 Å². The number of halogens is 1. The molecule has 3 aromatic rings. The van der Waals surface area contributed by atoms with E-state index in [4.69, 9.17) is 16.3 Å². The van der Waals surface area contributed by atoms with E-state index in [1.807, 2.05) is 36.6 Å². The van der Waals surface area contributed by atoms with Gasteiger partial charge in [0.2, 0.25) is 0 Å². The highest BCUT2D eigenvalue weighted by Gasteiger charge is 2.38. The molecule has 0 saturated carbocycles. The third kappa shape index (κ3) is 3.26. The SMILES string of the molecule is COc1cc(Cl)c(C)cc1N[C@H]1c2ncccc2C(=O)N1Cc1cccs1. The average molecular weight is 400 g/mol. The van der Waals surface area contributed by atoms with Gasteiger partial charge in [-0.25, -0.2) is 0 Å². The van der Waals surface area contributed by atoms with Crippen LogP contribution in [0.15, 0.2) is 48.0 Å². The van der Waals surface area contributed by atoms with Gasteiger partial charge in [-0.2, -0.15) is 0 Å². The molecule has 0 radical (unpaired) electrons. The van der Waals surface area contributed by atoms with Gasteiger partial charge in [0.1, 0.15) is 11.9 Å². The third-order valence-corrected chi connectivity index (χ3v) is 5.85. The molecule has 0 saturated heterocycles. The fourth-order valence-electron chi connectivity index (χ4n) is 3.21. The number of anilines is 1. The van der Waals surface area contributed by atoms with Crippen molar-refractivity contribution in [2.45, 2.75) is 19.6 Å². The molecule has 1 aliphatic rings. The predicted molar refractivity (Wildman–Crippen MR) is 108 cm³/mol. The minimum absolute atomic E-state index is 0.0337. The summed E-state index contributed by atoms with van der Waals surface area (Å²) in [4.78, 5) is 20.4. The standard InChI is InChI=1S/C20H18ClN3O2S/c1-12-9-16(17(26-2)10-15(12)21)23-19-18-14(6-3-7-22-18)20(25)24(19)11-13-5-4-8-27-13/h3-10,19,23H,11H2,1-2H3/t19-/m1/s1. The molecular formula is C20H18ClN3O2S. The molecule has 1 N–H and O–H groups in total. The molecule has 7 heteroatoms. The summed E-state index contributed by atoms with van der Waals surface area (Å²) in [5, 5.41) is 6.08. The second-order valence-corrected chi connectivity index (χ2v) is 7.74. The van der Waals surface area contributed by atoms with Crippen molar-refractivity contribution in [3.05, 3.63) is 74.7 Å². The first kappa shape index (κ1) is 17.8. The topological polar surface area (TPSA) is 54.5 Å². The third-order valence-electron chi connectivity index (χ3n) is 4.58. The molecule has 1 atom stereocenters. The Labute approximate surface area is 166 Å². The van der Waals surface area contributed by atoms with E-state index in [1.165, 1.54) is 0 Å². The molecule has 27 heavy (non-hydrogen) atoms. The molecule has 1 aromatic carbocycles. The van der Waals surface area contributed by atoms with Crippen LogP contribution in [0.5, 0.6) is 5.75 Å². The van der Waals surface area contributed by atoms with E-state index in [9.17, 15) is 4.79 Å². The number of aryl methyl sites for hydroxylation is 1. The van der Waals surface area contributed by atoms with Gasteiger partial charge in [-0.1, -0.05) is 17.7 Å². The molecule has 0 fully saturated rings. The minimum Gasteiger partial charge on any atom is -0.495 e. The van der Waals surface area contributed by atoms with E-state index in [-0.39, 0.29) is 12.1 Å². The number of rotatable bonds is 5. The van der Waals surface area contributed by atoms with Crippen LogP contribution < -0.4 is 10.1 Å². The molecule has 1 amide bonds. The van der Waals surface area contributed by atoms with Crippen molar-refractivity contribution < 1.29 is 9.53 Å². The zero-order valence-electron chi connectivity index (χ0n) is 14.9. The van der Waals surface area contributed by atoms with Crippen molar-refractivity contribution in [2.24, 2.45) is 0 Å². The number of pyridine rings is 1. The molecule has 0 aliphatic carbocycles. The van der Waals surface area contributed by atoms with E-state index in [1.54, 1.807) is 41.7 Å². The number of aromatic nitrogens is 1. The van der Waals surface area contributed by atoms with Crippen molar-refractivity contribution in [2.75, 3.05) is 12.4 Å². The maximum absolute atomic E-state index is 13.0. The van der Waals surface area contributed by atoms with Gasteiger partial charge in [0.05, 0.1) is 30.6 Å². The number of hydrogen-bond donors (Lipinski definition) is 1. The van der Waals surface area contributed by atoms with Crippen LogP contribution >= 0.6 is 22.9 Å². The summed E-state index contributed by atoms with van der Waals surface area (Å²) in [7, 11) is 1.60. The maximum atomic E-state index is 13.0. The van der Waals surface area contributed by atoms with Crippen LogP contribution in [0.25, 0.3) is 0 Å². The molecule has 0 spiro atoms. The highest BCUT2D eigenvalue weighted by Crippen LogP contribution is 2.38. The van der Waals surface area contributed by atoms with Crippen LogP contribution in [-0.4, -0.2) is 22.9 Å². The Bertz CT molecular complexity index is 991. The van der Waals surface area contributed by atoms with Crippen molar-refractivity contribution in [3.8, 4) is 5.75 Å². The van der Waals surface area contributed by atoms with E-state index < -0.39 is 0 Å². The number of ether oxygens (including phenoxy) is 1. The second-order valence-electron chi connectivity index (χ2n) is 6.30. The van der Waals surface area contributed by atoms with Gasteiger partial charge in [0, 0.05) is 22.2 Å². The van der Waals surface area contributed by atoms with Crippen molar-refractivity contribution in [3.63, 3.8) is 0 Å². The first-order valence-electron chi connectivity index (χ1n) is 8.47. The van der Waals surface area contributed by atoms with Crippen LogP contribution in [0.3, 0.4) is 0 Å². The summed E-state index contributed by atoms with van der Waals surface area (Å²) in [6, 6.07) is 11.3. The molecule has 138 valence electrons. The van der Waals surface area contributed by atoms with Crippen LogP contribution in [0, 0.1) is 6.92 Å². The number of amides is 1. The summed E-state index contributed by atoms with van der Waals surface area (Å²) in [6.07, 6.45) is 1.32. The summed E-state index contributed by atoms with van der Waals surface area (Å²) < 4.78 is 5.48. The molecule has 0 unspecified atom stereocenters. The summed E-state index contributed by atoms with van der Waals surface area (Å²) in [5.74, 6) is 0.590. The fraction of sp³-hybridized carbons (Fsp3) is 0.200. The molecule has 1 aliphatic heterocycles. The number of thiophene rings is 1. The molecule has 0 bridgehead atoms. The Balaban J connectivity index is 1.74. The summed E-state index contributed by atoms with van der Waals surface area (Å²) >= 11 is 7.85. The lowest BCUT2D eigenvalue weighted by atomic mass is 10.1. The van der Waals surface area contributed by atoms with E-state index in [0.717, 1.165) is 16.1 Å².